The standard InChI is InChI=1S/C25H30N2O2/c1-19(22-10-6-3-7-11-22)23-17-24(28)27(25(23)29)18-26-14-12-21(13-15-26)16-20-8-4-2-5-9-20/h2-11,19,21,23H,12-18H2,1H3. The van der Waals surface area contributed by atoms with E-state index in [0.717, 1.165) is 37.9 Å². The van der Waals surface area contributed by atoms with Crippen molar-refractivity contribution < 1.29 is 9.59 Å². The van der Waals surface area contributed by atoms with Gasteiger partial charge in [0.1, 0.15) is 0 Å². The molecule has 0 aromatic heterocycles. The quantitative estimate of drug-likeness (QED) is 0.698. The lowest BCUT2D eigenvalue weighted by Crippen LogP contribution is -2.45. The van der Waals surface area contributed by atoms with Crippen molar-refractivity contribution in [2.24, 2.45) is 11.8 Å². The topological polar surface area (TPSA) is 40.6 Å². The van der Waals surface area contributed by atoms with Crippen molar-refractivity contribution in [1.82, 2.24) is 9.80 Å². The molecule has 0 saturated carbocycles. The summed E-state index contributed by atoms with van der Waals surface area (Å²) in [6, 6.07) is 20.7. The molecule has 2 unspecified atom stereocenters. The largest absolute Gasteiger partial charge is 0.286 e. The maximum atomic E-state index is 13.0. The zero-order valence-electron chi connectivity index (χ0n) is 17.2. The molecule has 29 heavy (non-hydrogen) atoms. The number of imide groups is 1. The zero-order valence-corrected chi connectivity index (χ0v) is 17.2. The normalized spacial score (nSPS) is 22.2. The third-order valence-electron chi connectivity index (χ3n) is 6.62. The summed E-state index contributed by atoms with van der Waals surface area (Å²) in [4.78, 5) is 29.3. The van der Waals surface area contributed by atoms with E-state index in [2.05, 4.69) is 42.2 Å². The van der Waals surface area contributed by atoms with Crippen LogP contribution in [0, 0.1) is 11.8 Å². The fourth-order valence-electron chi connectivity index (χ4n) is 4.72. The minimum Gasteiger partial charge on any atom is -0.286 e. The maximum Gasteiger partial charge on any atom is 0.234 e. The van der Waals surface area contributed by atoms with Gasteiger partial charge in [-0.1, -0.05) is 67.6 Å². The summed E-state index contributed by atoms with van der Waals surface area (Å²) in [6.07, 6.45) is 3.69. The lowest BCUT2D eigenvalue weighted by molar-refractivity contribution is -0.142. The van der Waals surface area contributed by atoms with Crippen LogP contribution in [0.3, 0.4) is 0 Å². The lowest BCUT2D eigenvalue weighted by atomic mass is 9.86. The van der Waals surface area contributed by atoms with Crippen LogP contribution in [0.1, 0.15) is 43.2 Å². The highest BCUT2D eigenvalue weighted by atomic mass is 16.2. The first-order valence-electron chi connectivity index (χ1n) is 10.8. The highest BCUT2D eigenvalue weighted by Crippen LogP contribution is 2.34. The third kappa shape index (κ3) is 4.59. The van der Waals surface area contributed by atoms with Gasteiger partial charge in [-0.05, 0) is 42.2 Å². The van der Waals surface area contributed by atoms with E-state index in [1.165, 1.54) is 10.5 Å². The number of amides is 2. The van der Waals surface area contributed by atoms with E-state index in [9.17, 15) is 9.59 Å². The van der Waals surface area contributed by atoms with Crippen LogP contribution in [0.15, 0.2) is 60.7 Å². The average molecular weight is 391 g/mol. The monoisotopic (exact) mass is 390 g/mol. The molecule has 0 N–H and O–H groups in total. The molecule has 2 amide bonds. The molecular formula is C25H30N2O2. The number of carbonyl (C=O) groups excluding carboxylic acids is 2. The molecular weight excluding hydrogens is 360 g/mol. The second-order valence-corrected chi connectivity index (χ2v) is 8.56. The first-order valence-corrected chi connectivity index (χ1v) is 10.8. The SMILES string of the molecule is CC(c1ccccc1)C1CC(=O)N(CN2CCC(Cc3ccccc3)CC2)C1=O. The Kier molecular flexibility index (Phi) is 6.10. The summed E-state index contributed by atoms with van der Waals surface area (Å²) in [6.45, 7) is 4.42. The van der Waals surface area contributed by atoms with Crippen LogP contribution in [0.2, 0.25) is 0 Å². The van der Waals surface area contributed by atoms with Gasteiger partial charge in [0.15, 0.2) is 0 Å². The molecule has 2 fully saturated rings. The van der Waals surface area contributed by atoms with Gasteiger partial charge in [-0.15, -0.1) is 0 Å². The predicted molar refractivity (Wildman–Crippen MR) is 114 cm³/mol. The predicted octanol–water partition coefficient (Wildman–Crippen LogP) is 4.08. The summed E-state index contributed by atoms with van der Waals surface area (Å²) < 4.78 is 0. The van der Waals surface area contributed by atoms with Crippen LogP contribution < -0.4 is 0 Å². The Morgan fingerprint density at radius 1 is 0.931 bits per heavy atom. The molecule has 2 atom stereocenters. The molecule has 0 bridgehead atoms. The number of nitrogens with zero attached hydrogens (tertiary/aromatic N) is 2. The van der Waals surface area contributed by atoms with Crippen LogP contribution in [0.5, 0.6) is 0 Å². The van der Waals surface area contributed by atoms with Gasteiger partial charge in [0.25, 0.3) is 0 Å². The van der Waals surface area contributed by atoms with Gasteiger partial charge in [0.2, 0.25) is 11.8 Å². The highest BCUT2D eigenvalue weighted by Gasteiger charge is 2.42. The molecule has 152 valence electrons. The number of carbonyl (C=O) groups is 2. The lowest BCUT2D eigenvalue weighted by Gasteiger charge is -2.34. The fourth-order valence-corrected chi connectivity index (χ4v) is 4.72. The van der Waals surface area contributed by atoms with Gasteiger partial charge in [-0.2, -0.15) is 0 Å². The second-order valence-electron chi connectivity index (χ2n) is 8.56. The highest BCUT2D eigenvalue weighted by molar-refractivity contribution is 6.03. The van der Waals surface area contributed by atoms with Gasteiger partial charge in [-0.25, -0.2) is 0 Å². The van der Waals surface area contributed by atoms with E-state index >= 15 is 0 Å². The Bertz CT molecular complexity index is 828. The van der Waals surface area contributed by atoms with E-state index in [-0.39, 0.29) is 23.7 Å². The average Bonchev–Trinajstić information content (AvgIpc) is 3.04. The van der Waals surface area contributed by atoms with E-state index in [0.29, 0.717) is 19.0 Å². The van der Waals surface area contributed by atoms with Gasteiger partial charge in [0, 0.05) is 19.5 Å². The van der Waals surface area contributed by atoms with Crippen molar-refractivity contribution in [3.05, 3.63) is 71.8 Å². The Labute approximate surface area is 173 Å². The van der Waals surface area contributed by atoms with Crippen LogP contribution in [0.4, 0.5) is 0 Å². The number of hydrogen-bond donors (Lipinski definition) is 0. The van der Waals surface area contributed by atoms with Gasteiger partial charge >= 0.3 is 0 Å². The first-order chi connectivity index (χ1) is 14.1. The van der Waals surface area contributed by atoms with E-state index in [1.54, 1.807) is 0 Å². The Hall–Kier alpha value is -2.46. The molecule has 2 aliphatic heterocycles. The van der Waals surface area contributed by atoms with Crippen molar-refractivity contribution >= 4 is 11.8 Å². The molecule has 4 rings (SSSR count). The molecule has 2 aliphatic rings. The molecule has 2 aromatic carbocycles. The van der Waals surface area contributed by atoms with Crippen molar-refractivity contribution in [2.75, 3.05) is 19.8 Å². The smallest absolute Gasteiger partial charge is 0.234 e. The molecule has 2 saturated heterocycles. The number of rotatable bonds is 6. The van der Waals surface area contributed by atoms with Crippen LogP contribution in [0.25, 0.3) is 0 Å². The van der Waals surface area contributed by atoms with Gasteiger partial charge in [0.05, 0.1) is 12.6 Å². The fraction of sp³-hybridized carbons (Fsp3) is 0.440. The summed E-state index contributed by atoms with van der Waals surface area (Å²) in [5, 5.41) is 0. The third-order valence-corrected chi connectivity index (χ3v) is 6.62. The first kappa shape index (κ1) is 19.8. The molecule has 4 heteroatoms. The minimum absolute atomic E-state index is 0.00207. The van der Waals surface area contributed by atoms with Crippen molar-refractivity contribution in [1.29, 1.82) is 0 Å². The van der Waals surface area contributed by atoms with Crippen molar-refractivity contribution in [2.45, 2.75) is 38.5 Å². The number of piperidine rings is 1. The number of likely N-dealkylation sites (tertiary alicyclic amines) is 2. The maximum absolute atomic E-state index is 13.0. The van der Waals surface area contributed by atoms with Crippen LogP contribution >= 0.6 is 0 Å². The molecule has 0 radical (unpaired) electrons. The van der Waals surface area contributed by atoms with E-state index in [1.807, 2.05) is 30.3 Å². The zero-order chi connectivity index (χ0) is 20.2. The Balaban J connectivity index is 1.31. The van der Waals surface area contributed by atoms with E-state index < -0.39 is 0 Å². The van der Waals surface area contributed by atoms with Crippen LogP contribution in [-0.2, 0) is 16.0 Å². The van der Waals surface area contributed by atoms with Crippen LogP contribution in [-0.4, -0.2) is 41.4 Å². The Morgan fingerprint density at radius 3 is 2.21 bits per heavy atom. The molecule has 2 aromatic rings. The summed E-state index contributed by atoms with van der Waals surface area (Å²) in [7, 11) is 0. The van der Waals surface area contributed by atoms with Crippen molar-refractivity contribution in [3.63, 3.8) is 0 Å². The summed E-state index contributed by atoms with van der Waals surface area (Å²) in [5.41, 5.74) is 2.52. The Morgan fingerprint density at radius 2 is 1.55 bits per heavy atom. The van der Waals surface area contributed by atoms with E-state index in [4.69, 9.17) is 0 Å². The summed E-state index contributed by atoms with van der Waals surface area (Å²) in [5.74, 6) is 0.492. The second kappa shape index (κ2) is 8.91. The summed E-state index contributed by atoms with van der Waals surface area (Å²) >= 11 is 0. The molecule has 0 aliphatic carbocycles. The molecule has 0 spiro atoms. The number of hydrogen-bond acceptors (Lipinski definition) is 3. The number of benzene rings is 2. The molecule has 2 heterocycles. The van der Waals surface area contributed by atoms with Gasteiger partial charge < -0.3 is 0 Å². The molecule has 4 nitrogen and oxygen atoms in total. The minimum atomic E-state index is -0.236. The van der Waals surface area contributed by atoms with Crippen molar-refractivity contribution in [3.8, 4) is 0 Å². The van der Waals surface area contributed by atoms with Gasteiger partial charge in [-0.3, -0.25) is 19.4 Å².